The van der Waals surface area contributed by atoms with Gasteiger partial charge in [-0.1, -0.05) is 0 Å². The van der Waals surface area contributed by atoms with E-state index in [-0.39, 0.29) is 12.0 Å². The summed E-state index contributed by atoms with van der Waals surface area (Å²) in [5.41, 5.74) is 7.05. The Labute approximate surface area is 116 Å². The monoisotopic (exact) mass is 272 g/mol. The Morgan fingerprint density at radius 2 is 2.30 bits per heavy atom. The van der Waals surface area contributed by atoms with Crippen LogP contribution in [0.3, 0.4) is 0 Å². The summed E-state index contributed by atoms with van der Waals surface area (Å²) in [6.45, 7) is 0.450. The lowest BCUT2D eigenvalue weighted by Crippen LogP contribution is -2.29. The molecule has 0 saturated carbocycles. The summed E-state index contributed by atoms with van der Waals surface area (Å²) >= 11 is 0. The average Bonchev–Trinajstić information content (AvgIpc) is 2.97. The maximum Gasteiger partial charge on any atom is 0.253 e. The number of hydrogen-bond donors (Lipinski definition) is 2. The van der Waals surface area contributed by atoms with Crippen molar-refractivity contribution in [1.29, 1.82) is 0 Å². The first-order valence-corrected chi connectivity index (χ1v) is 6.63. The predicted octanol–water partition coefficient (Wildman–Crippen LogP) is 1.07. The van der Waals surface area contributed by atoms with Crippen molar-refractivity contribution in [1.82, 2.24) is 9.97 Å². The third-order valence-electron chi connectivity index (χ3n) is 3.46. The second-order valence-corrected chi connectivity index (χ2v) is 4.80. The fourth-order valence-corrected chi connectivity index (χ4v) is 2.38. The number of aromatic nitrogens is 2. The van der Waals surface area contributed by atoms with E-state index < -0.39 is 6.10 Å². The van der Waals surface area contributed by atoms with Gasteiger partial charge in [-0.05, 0) is 25.0 Å². The number of ether oxygens (including phenoxy) is 1. The fraction of sp³-hybridized carbons (Fsp3) is 0.357. The van der Waals surface area contributed by atoms with E-state index in [0.29, 0.717) is 18.7 Å². The molecule has 1 saturated heterocycles. The van der Waals surface area contributed by atoms with E-state index >= 15 is 0 Å². The van der Waals surface area contributed by atoms with Gasteiger partial charge in [0.2, 0.25) is 0 Å². The van der Waals surface area contributed by atoms with Crippen molar-refractivity contribution in [3.63, 3.8) is 0 Å². The zero-order valence-electron chi connectivity index (χ0n) is 11.0. The zero-order valence-corrected chi connectivity index (χ0v) is 11.0. The lowest BCUT2D eigenvalue weighted by molar-refractivity contribution is -0.126. The molecule has 0 radical (unpaired) electrons. The van der Waals surface area contributed by atoms with E-state index in [1.165, 1.54) is 0 Å². The average molecular weight is 272 g/mol. The van der Waals surface area contributed by atoms with Gasteiger partial charge in [-0.2, -0.15) is 0 Å². The lowest BCUT2D eigenvalue weighted by Gasteiger charge is -2.13. The molecule has 0 aliphatic carbocycles. The van der Waals surface area contributed by atoms with Crippen molar-refractivity contribution in [2.45, 2.75) is 25.0 Å². The molecule has 2 aromatic rings. The minimum Gasteiger partial charge on any atom is -0.364 e. The molecule has 0 aromatic carbocycles. The van der Waals surface area contributed by atoms with Gasteiger partial charge in [0.25, 0.3) is 5.91 Å². The first-order valence-electron chi connectivity index (χ1n) is 6.63. The van der Waals surface area contributed by atoms with E-state index in [9.17, 15) is 4.79 Å². The normalized spacial score (nSPS) is 22.1. The van der Waals surface area contributed by atoms with Gasteiger partial charge < -0.3 is 15.8 Å². The summed E-state index contributed by atoms with van der Waals surface area (Å²) in [4.78, 5) is 20.5. The van der Waals surface area contributed by atoms with Crippen molar-refractivity contribution < 1.29 is 9.53 Å². The SMILES string of the molecule is NC[C@H]1CC[C@@H](C(=O)Nc2ccnc3ccncc23)O1. The van der Waals surface area contributed by atoms with Gasteiger partial charge in [-0.3, -0.25) is 14.8 Å². The number of carbonyl (C=O) groups excluding carboxylic acids is 1. The summed E-state index contributed by atoms with van der Waals surface area (Å²) in [6, 6.07) is 3.57. The molecule has 6 nitrogen and oxygen atoms in total. The molecule has 3 heterocycles. The van der Waals surface area contributed by atoms with Crippen LogP contribution in [-0.4, -0.2) is 34.6 Å². The molecule has 0 unspecified atom stereocenters. The summed E-state index contributed by atoms with van der Waals surface area (Å²) in [6.07, 6.45) is 6.12. The summed E-state index contributed by atoms with van der Waals surface area (Å²) in [5, 5.41) is 3.70. The first kappa shape index (κ1) is 13.0. The minimum atomic E-state index is -0.427. The molecule has 6 heteroatoms. The van der Waals surface area contributed by atoms with E-state index in [1.807, 2.05) is 6.07 Å². The number of hydrogen-bond acceptors (Lipinski definition) is 5. The molecule has 20 heavy (non-hydrogen) atoms. The highest BCUT2D eigenvalue weighted by atomic mass is 16.5. The number of nitrogens with zero attached hydrogens (tertiary/aromatic N) is 2. The standard InChI is InChI=1S/C14H16N4O2/c15-7-9-1-2-13(20-9)14(19)18-12-4-6-17-11-3-5-16-8-10(11)12/h3-6,8-9,13H,1-2,7,15H2,(H,17,18,19)/t9-,13+/m1/s1. The van der Waals surface area contributed by atoms with Crippen LogP contribution < -0.4 is 11.1 Å². The van der Waals surface area contributed by atoms with Crippen molar-refractivity contribution in [3.8, 4) is 0 Å². The molecular weight excluding hydrogens is 256 g/mol. The molecule has 2 atom stereocenters. The van der Waals surface area contributed by atoms with Crippen LogP contribution in [0.15, 0.2) is 30.7 Å². The Kier molecular flexibility index (Phi) is 3.58. The van der Waals surface area contributed by atoms with E-state index in [0.717, 1.165) is 17.3 Å². The Bertz CT molecular complexity index is 626. The number of carbonyl (C=O) groups is 1. The third-order valence-corrected chi connectivity index (χ3v) is 3.46. The topological polar surface area (TPSA) is 90.1 Å². The van der Waals surface area contributed by atoms with Gasteiger partial charge in [-0.15, -0.1) is 0 Å². The van der Waals surface area contributed by atoms with Crippen LogP contribution >= 0.6 is 0 Å². The van der Waals surface area contributed by atoms with E-state index in [1.54, 1.807) is 24.7 Å². The predicted molar refractivity (Wildman–Crippen MR) is 75.1 cm³/mol. The number of nitrogens with one attached hydrogen (secondary N) is 1. The second-order valence-electron chi connectivity index (χ2n) is 4.80. The maximum absolute atomic E-state index is 12.2. The first-order chi connectivity index (χ1) is 9.78. The Morgan fingerprint density at radius 3 is 3.10 bits per heavy atom. The molecule has 1 aliphatic rings. The summed E-state index contributed by atoms with van der Waals surface area (Å²) < 4.78 is 5.59. The fourth-order valence-electron chi connectivity index (χ4n) is 2.38. The van der Waals surface area contributed by atoms with Crippen LogP contribution in [0.2, 0.25) is 0 Å². The van der Waals surface area contributed by atoms with Gasteiger partial charge in [0.05, 0.1) is 17.3 Å². The molecule has 2 aromatic heterocycles. The Hall–Kier alpha value is -2.05. The van der Waals surface area contributed by atoms with Crippen molar-refractivity contribution in [2.24, 2.45) is 5.73 Å². The van der Waals surface area contributed by atoms with Gasteiger partial charge in [0.15, 0.2) is 0 Å². The molecule has 1 amide bonds. The highest BCUT2D eigenvalue weighted by Crippen LogP contribution is 2.23. The Morgan fingerprint density at radius 1 is 1.40 bits per heavy atom. The third kappa shape index (κ3) is 2.48. The number of nitrogens with two attached hydrogens (primary N) is 1. The largest absolute Gasteiger partial charge is 0.364 e. The van der Waals surface area contributed by atoms with Crippen LogP contribution in [0.5, 0.6) is 0 Å². The molecule has 0 spiro atoms. The summed E-state index contributed by atoms with van der Waals surface area (Å²) in [5.74, 6) is -0.141. The highest BCUT2D eigenvalue weighted by molar-refractivity contribution is 6.02. The van der Waals surface area contributed by atoms with Crippen LogP contribution in [0.25, 0.3) is 10.9 Å². The van der Waals surface area contributed by atoms with Crippen LogP contribution in [-0.2, 0) is 9.53 Å². The summed E-state index contributed by atoms with van der Waals surface area (Å²) in [7, 11) is 0. The zero-order chi connectivity index (χ0) is 13.9. The van der Waals surface area contributed by atoms with Gasteiger partial charge in [0.1, 0.15) is 6.10 Å². The van der Waals surface area contributed by atoms with E-state index in [4.69, 9.17) is 10.5 Å². The van der Waals surface area contributed by atoms with Crippen molar-refractivity contribution in [3.05, 3.63) is 30.7 Å². The van der Waals surface area contributed by atoms with Crippen LogP contribution in [0, 0.1) is 0 Å². The minimum absolute atomic E-state index is 0.0124. The smallest absolute Gasteiger partial charge is 0.253 e. The number of fused-ring (bicyclic) bond motifs is 1. The number of rotatable bonds is 3. The molecular formula is C14H16N4O2. The molecule has 0 bridgehead atoms. The van der Waals surface area contributed by atoms with Crippen LogP contribution in [0.1, 0.15) is 12.8 Å². The molecule has 104 valence electrons. The molecule has 1 aliphatic heterocycles. The number of pyridine rings is 2. The van der Waals surface area contributed by atoms with Crippen LogP contribution in [0.4, 0.5) is 5.69 Å². The quantitative estimate of drug-likeness (QED) is 0.872. The van der Waals surface area contributed by atoms with Gasteiger partial charge in [0, 0.05) is 30.5 Å². The molecule has 3 N–H and O–H groups in total. The van der Waals surface area contributed by atoms with E-state index in [2.05, 4.69) is 15.3 Å². The highest BCUT2D eigenvalue weighted by Gasteiger charge is 2.30. The molecule has 1 fully saturated rings. The maximum atomic E-state index is 12.2. The van der Waals surface area contributed by atoms with Crippen molar-refractivity contribution >= 4 is 22.5 Å². The van der Waals surface area contributed by atoms with Crippen molar-refractivity contribution in [2.75, 3.05) is 11.9 Å². The van der Waals surface area contributed by atoms with Gasteiger partial charge in [-0.25, -0.2) is 0 Å². The second kappa shape index (κ2) is 5.52. The number of anilines is 1. The Balaban J connectivity index is 1.78. The molecule has 3 rings (SSSR count). The lowest BCUT2D eigenvalue weighted by atomic mass is 10.1. The van der Waals surface area contributed by atoms with Gasteiger partial charge >= 0.3 is 0 Å². The number of amides is 1.